The Hall–Kier alpha value is -2.96. The second kappa shape index (κ2) is 7.87. The van der Waals surface area contributed by atoms with Gasteiger partial charge in [0, 0.05) is 24.2 Å². The van der Waals surface area contributed by atoms with E-state index in [1.54, 1.807) is 6.07 Å². The Bertz CT molecular complexity index is 1130. The first-order chi connectivity index (χ1) is 15.3. The van der Waals surface area contributed by atoms with Gasteiger partial charge in [-0.1, -0.05) is 24.3 Å². The summed E-state index contributed by atoms with van der Waals surface area (Å²) in [6.45, 7) is 6.51. The minimum absolute atomic E-state index is 0.231. The summed E-state index contributed by atoms with van der Waals surface area (Å²) in [4.78, 5) is 14.9. The number of ether oxygens (including phenoxy) is 1. The highest BCUT2D eigenvalue weighted by Crippen LogP contribution is 2.44. The summed E-state index contributed by atoms with van der Waals surface area (Å²) in [5.74, 6) is -0.175. The first kappa shape index (κ1) is 20.9. The average molecular weight is 435 g/mol. The number of likely N-dealkylation sites (tertiary alicyclic amines) is 1. The molecule has 166 valence electrons. The topological polar surface area (TPSA) is 61.8 Å². The van der Waals surface area contributed by atoms with Crippen molar-refractivity contribution in [3.8, 4) is 0 Å². The van der Waals surface area contributed by atoms with Gasteiger partial charge < -0.3 is 15.2 Å². The molecule has 2 N–H and O–H groups in total. The molecule has 1 fully saturated rings. The molecule has 5 nitrogen and oxygen atoms in total. The van der Waals surface area contributed by atoms with Gasteiger partial charge in [-0.25, -0.2) is 4.39 Å². The van der Waals surface area contributed by atoms with Gasteiger partial charge in [-0.05, 0) is 68.6 Å². The van der Waals surface area contributed by atoms with E-state index in [9.17, 15) is 14.3 Å². The Labute approximate surface area is 187 Å². The average Bonchev–Trinajstić information content (AvgIpc) is 3.22. The molecule has 0 spiro atoms. The van der Waals surface area contributed by atoms with Gasteiger partial charge in [0.2, 0.25) is 0 Å². The van der Waals surface area contributed by atoms with Gasteiger partial charge in [0.15, 0.2) is 0 Å². The number of rotatable bonds is 3. The fourth-order valence-corrected chi connectivity index (χ4v) is 4.83. The molecule has 0 aliphatic carbocycles. The number of fused-ring (bicyclic) bond motifs is 1. The molecule has 32 heavy (non-hydrogen) atoms. The molecular formula is C26H27FN2O3. The number of hydrogen-bond acceptors (Lipinski definition) is 4. The summed E-state index contributed by atoms with van der Waals surface area (Å²) < 4.78 is 19.8. The highest BCUT2D eigenvalue weighted by molar-refractivity contribution is 6.32. The maximum absolute atomic E-state index is 13.6. The van der Waals surface area contributed by atoms with Crippen LogP contribution in [-0.4, -0.2) is 40.7 Å². The van der Waals surface area contributed by atoms with Gasteiger partial charge >= 0.3 is 0 Å². The normalized spacial score (nSPS) is 24.7. The summed E-state index contributed by atoms with van der Waals surface area (Å²) >= 11 is 0. The van der Waals surface area contributed by atoms with Crippen molar-refractivity contribution in [2.45, 2.75) is 44.9 Å². The second-order valence-electron chi connectivity index (χ2n) is 9.28. The predicted molar refractivity (Wildman–Crippen MR) is 122 cm³/mol. The van der Waals surface area contributed by atoms with Crippen LogP contribution in [-0.2, 0) is 16.1 Å². The molecule has 2 aromatic carbocycles. The highest BCUT2D eigenvalue weighted by atomic mass is 19.1. The number of nitrogens with zero attached hydrogens (tertiary/aromatic N) is 1. The van der Waals surface area contributed by atoms with Crippen LogP contribution in [0, 0.1) is 5.82 Å². The van der Waals surface area contributed by atoms with E-state index in [1.165, 1.54) is 17.7 Å². The molecule has 3 heterocycles. The van der Waals surface area contributed by atoms with E-state index in [4.69, 9.17) is 4.74 Å². The lowest BCUT2D eigenvalue weighted by Crippen LogP contribution is -2.37. The van der Waals surface area contributed by atoms with E-state index in [2.05, 4.69) is 34.5 Å². The third kappa shape index (κ3) is 3.85. The molecular weight excluding hydrogens is 407 g/mol. The third-order valence-corrected chi connectivity index (χ3v) is 6.41. The fourth-order valence-electron chi connectivity index (χ4n) is 4.83. The van der Waals surface area contributed by atoms with Crippen LogP contribution in [0.15, 0.2) is 54.3 Å². The molecule has 3 aliphatic heterocycles. The fraction of sp³-hybridized carbons (Fsp3) is 0.346. The number of anilines is 1. The van der Waals surface area contributed by atoms with Crippen LogP contribution in [0.1, 0.15) is 43.4 Å². The molecule has 1 unspecified atom stereocenters. The number of piperidine rings is 1. The van der Waals surface area contributed by atoms with Crippen LogP contribution in [0.5, 0.6) is 0 Å². The summed E-state index contributed by atoms with van der Waals surface area (Å²) in [5.41, 5.74) is 4.16. The zero-order valence-corrected chi connectivity index (χ0v) is 18.3. The van der Waals surface area contributed by atoms with Crippen molar-refractivity contribution >= 4 is 22.7 Å². The number of aliphatic hydroxyl groups excluding tert-OH is 1. The lowest BCUT2D eigenvalue weighted by molar-refractivity contribution is -0.111. The molecule has 5 rings (SSSR count). The third-order valence-electron chi connectivity index (χ3n) is 6.41. The number of allylic oxidation sites excluding steroid dienone is 1. The lowest BCUT2D eigenvalue weighted by atomic mass is 9.91. The van der Waals surface area contributed by atoms with E-state index in [0.29, 0.717) is 22.6 Å². The molecule has 3 aliphatic rings. The molecule has 0 radical (unpaired) electrons. The Morgan fingerprint density at radius 1 is 1.22 bits per heavy atom. The number of amides is 1. The van der Waals surface area contributed by atoms with Gasteiger partial charge in [-0.15, -0.1) is 0 Å². The monoisotopic (exact) mass is 434 g/mol. The van der Waals surface area contributed by atoms with Gasteiger partial charge in [-0.2, -0.15) is 0 Å². The second-order valence-corrected chi connectivity index (χ2v) is 9.28. The van der Waals surface area contributed by atoms with Crippen LogP contribution < -0.4 is 5.32 Å². The van der Waals surface area contributed by atoms with E-state index >= 15 is 0 Å². The van der Waals surface area contributed by atoms with Crippen LogP contribution in [0.2, 0.25) is 0 Å². The van der Waals surface area contributed by atoms with Gasteiger partial charge in [0.05, 0.1) is 17.4 Å². The number of nitrogens with one attached hydrogen (secondary N) is 1. The Morgan fingerprint density at radius 2 is 2.00 bits per heavy atom. The number of aliphatic hydroxyl groups is 1. The molecule has 0 aromatic heterocycles. The quantitative estimate of drug-likeness (QED) is 0.706. The zero-order valence-electron chi connectivity index (χ0n) is 18.3. The van der Waals surface area contributed by atoms with Crippen LogP contribution in [0.3, 0.4) is 0 Å². The number of carbonyl (C=O) groups excluding carboxylic acids is 1. The van der Waals surface area contributed by atoms with Gasteiger partial charge in [-0.3, -0.25) is 9.69 Å². The summed E-state index contributed by atoms with van der Waals surface area (Å²) in [6.07, 6.45) is 3.60. The van der Waals surface area contributed by atoms with Crippen molar-refractivity contribution in [2.24, 2.45) is 0 Å². The highest BCUT2D eigenvalue weighted by Gasteiger charge is 2.38. The first-order valence-corrected chi connectivity index (χ1v) is 11.1. The molecule has 6 heteroatoms. The maximum Gasteiger partial charge on any atom is 0.260 e. The SMILES string of the molecule is CC1(C)OC(=C2C(=O)Nc3cc(F)ccc32)C=C1c1ccc(CN2CCCC(O)C2)cc1. The van der Waals surface area contributed by atoms with E-state index in [0.717, 1.165) is 43.6 Å². The van der Waals surface area contributed by atoms with Gasteiger partial charge in [0.25, 0.3) is 5.91 Å². The molecule has 0 saturated carbocycles. The van der Waals surface area contributed by atoms with E-state index < -0.39 is 11.4 Å². The Morgan fingerprint density at radius 3 is 2.75 bits per heavy atom. The molecule has 1 amide bonds. The van der Waals surface area contributed by atoms with Crippen molar-refractivity contribution in [1.29, 1.82) is 0 Å². The number of benzene rings is 2. The van der Waals surface area contributed by atoms with Crippen LogP contribution >= 0.6 is 0 Å². The summed E-state index contributed by atoms with van der Waals surface area (Å²) in [7, 11) is 0. The van der Waals surface area contributed by atoms with Crippen molar-refractivity contribution in [1.82, 2.24) is 4.90 Å². The lowest BCUT2D eigenvalue weighted by Gasteiger charge is -2.30. The van der Waals surface area contributed by atoms with Crippen molar-refractivity contribution < 1.29 is 19.0 Å². The number of hydrogen-bond donors (Lipinski definition) is 2. The first-order valence-electron chi connectivity index (χ1n) is 11.1. The standard InChI is InChI=1S/C26H27FN2O3/c1-26(2)21(17-7-5-16(6-8-17)14-29-11-3-4-19(30)15-29)13-23(32-26)24-20-10-9-18(27)12-22(20)28-25(24)31/h5-10,12-13,19,30H,3-4,11,14-15H2,1-2H3,(H,28,31). The van der Waals surface area contributed by atoms with Crippen molar-refractivity contribution in [3.63, 3.8) is 0 Å². The van der Waals surface area contributed by atoms with Crippen molar-refractivity contribution in [2.75, 3.05) is 18.4 Å². The minimum atomic E-state index is -0.607. The zero-order chi connectivity index (χ0) is 22.5. The maximum atomic E-state index is 13.6. The largest absolute Gasteiger partial charge is 0.482 e. The summed E-state index contributed by atoms with van der Waals surface area (Å²) in [6, 6.07) is 12.7. The Kier molecular flexibility index (Phi) is 5.14. The van der Waals surface area contributed by atoms with Gasteiger partial charge in [0.1, 0.15) is 17.2 Å². The molecule has 0 bridgehead atoms. The molecule has 1 atom stereocenters. The van der Waals surface area contributed by atoms with E-state index in [-0.39, 0.29) is 12.0 Å². The summed E-state index contributed by atoms with van der Waals surface area (Å²) in [5, 5.41) is 12.6. The number of carbonyl (C=O) groups is 1. The van der Waals surface area contributed by atoms with Crippen molar-refractivity contribution in [3.05, 3.63) is 76.8 Å². The minimum Gasteiger partial charge on any atom is -0.482 e. The predicted octanol–water partition coefficient (Wildman–Crippen LogP) is 4.34. The molecule has 2 aromatic rings. The number of β-amino-alcohol motifs (C(OH)–C–C–N with tert-alkyl or cyclic N) is 1. The van der Waals surface area contributed by atoms with Crippen LogP contribution in [0.25, 0.3) is 11.1 Å². The smallest absolute Gasteiger partial charge is 0.260 e. The Balaban J connectivity index is 1.43. The van der Waals surface area contributed by atoms with E-state index in [1.807, 2.05) is 19.9 Å². The molecule has 1 saturated heterocycles. The van der Waals surface area contributed by atoms with Crippen LogP contribution in [0.4, 0.5) is 10.1 Å². The number of halogens is 1.